The first-order chi connectivity index (χ1) is 60.1. The third kappa shape index (κ3) is 78.9. The Bertz CT molecular complexity index is 3690. The second kappa shape index (κ2) is 66.3. The van der Waals surface area contributed by atoms with Crippen molar-refractivity contribution in [1.29, 1.82) is 5.26 Å². The molecule has 0 aromatic carbocycles. The molecule has 2 rings (SSSR count). The van der Waals surface area contributed by atoms with Crippen molar-refractivity contribution in [3.05, 3.63) is 124 Å². The molecule has 0 aromatic heterocycles. The van der Waals surface area contributed by atoms with E-state index >= 15 is 0 Å². The molecule has 1 aliphatic heterocycles. The lowest BCUT2D eigenvalue weighted by atomic mass is 9.79. The first kappa shape index (κ1) is 141. The molecular formula is C110H202N10O14. The summed E-state index contributed by atoms with van der Waals surface area (Å²) in [5.74, 6) is 0.721. The number of ketones is 2. The van der Waals surface area contributed by atoms with Crippen LogP contribution in [0.1, 0.15) is 275 Å². The molecule has 776 valence electrons. The fraction of sp³-hybridized carbons (Fsp3) is 0.718. The maximum absolute atomic E-state index is 12.0. The third-order valence-corrected chi connectivity index (χ3v) is 20.7. The first-order valence-corrected chi connectivity index (χ1v) is 47.2. The molecule has 2 aliphatic rings. The molecule has 1 unspecified atom stereocenters. The summed E-state index contributed by atoms with van der Waals surface area (Å²) in [5.41, 5.74) is -2.30. The monoisotopic (exact) mass is 1890 g/mol. The van der Waals surface area contributed by atoms with Crippen LogP contribution in [0, 0.1) is 77.3 Å². The molecule has 24 heteroatoms. The highest BCUT2D eigenvalue weighted by molar-refractivity contribution is 5.95. The van der Waals surface area contributed by atoms with Crippen molar-refractivity contribution in [2.45, 2.75) is 292 Å². The fourth-order valence-corrected chi connectivity index (χ4v) is 9.78. The van der Waals surface area contributed by atoms with Gasteiger partial charge in [-0.3, -0.25) is 28.8 Å². The van der Waals surface area contributed by atoms with Crippen LogP contribution in [0.4, 0.5) is 0 Å². The van der Waals surface area contributed by atoms with Gasteiger partial charge in [-0.2, -0.15) is 5.26 Å². The zero-order valence-corrected chi connectivity index (χ0v) is 94.7. The number of nitriles is 1. The summed E-state index contributed by atoms with van der Waals surface area (Å²) in [6, 6.07) is 2.11. The van der Waals surface area contributed by atoms with Crippen LogP contribution in [0.3, 0.4) is 0 Å². The van der Waals surface area contributed by atoms with Gasteiger partial charge >= 0.3 is 23.9 Å². The van der Waals surface area contributed by atoms with Crippen LogP contribution < -0.4 is 0 Å². The van der Waals surface area contributed by atoms with E-state index in [0.29, 0.717) is 25.0 Å². The number of ether oxygens (including phenoxy) is 4. The van der Waals surface area contributed by atoms with E-state index in [1.165, 1.54) is 30.4 Å². The minimum Gasteiger partial charge on any atom is -0.462 e. The number of amides is 4. The Morgan fingerprint density at radius 1 is 0.418 bits per heavy atom. The van der Waals surface area contributed by atoms with Crippen molar-refractivity contribution < 1.29 is 66.9 Å². The Morgan fingerprint density at radius 2 is 0.746 bits per heavy atom. The van der Waals surface area contributed by atoms with Gasteiger partial charge in [0.25, 0.3) is 0 Å². The number of esters is 4. The second-order valence-electron chi connectivity index (χ2n) is 47.3. The van der Waals surface area contributed by atoms with Crippen LogP contribution in [0.15, 0.2) is 124 Å². The topological polar surface area (TPSA) is 261 Å². The molecule has 2 fully saturated rings. The summed E-state index contributed by atoms with van der Waals surface area (Å²) in [5, 5.41) is 8.72. The molecule has 0 radical (unpaired) electrons. The number of carbonyl (C=O) groups excluding carboxylic acids is 10. The quantitative estimate of drug-likeness (QED) is 0.0270. The highest BCUT2D eigenvalue weighted by atomic mass is 16.6. The number of hydrogen-bond acceptors (Lipinski definition) is 20. The van der Waals surface area contributed by atoms with Gasteiger partial charge in [0.15, 0.2) is 11.6 Å². The van der Waals surface area contributed by atoms with Crippen LogP contribution in [0.2, 0.25) is 0 Å². The van der Waals surface area contributed by atoms with Crippen molar-refractivity contribution in [2.24, 2.45) is 66.0 Å². The maximum Gasteiger partial charge on any atom is 0.331 e. The number of likely N-dealkylation sites (N-methyl/N-ethyl adjacent to an activating group) is 7. The van der Waals surface area contributed by atoms with Gasteiger partial charge in [0.1, 0.15) is 22.2 Å². The number of hydrogen-bond donors (Lipinski definition) is 0. The summed E-state index contributed by atoms with van der Waals surface area (Å²) >= 11 is 0. The summed E-state index contributed by atoms with van der Waals surface area (Å²) in [4.78, 5) is 131. The van der Waals surface area contributed by atoms with Crippen LogP contribution in [0.25, 0.3) is 0 Å². The molecule has 1 aliphatic carbocycles. The van der Waals surface area contributed by atoms with Crippen LogP contribution in [-0.2, 0) is 66.9 Å². The molecule has 134 heavy (non-hydrogen) atoms. The van der Waals surface area contributed by atoms with E-state index in [-0.39, 0.29) is 108 Å². The molecule has 4 amide bonds. The van der Waals surface area contributed by atoms with Gasteiger partial charge in [-0.25, -0.2) is 19.2 Å². The lowest BCUT2D eigenvalue weighted by Crippen LogP contribution is -2.40. The number of rotatable bonds is 31. The first-order valence-electron chi connectivity index (χ1n) is 47.2. The van der Waals surface area contributed by atoms with E-state index in [0.717, 1.165) is 91.3 Å². The lowest BCUT2D eigenvalue weighted by Gasteiger charge is -2.37. The van der Waals surface area contributed by atoms with Crippen molar-refractivity contribution in [3.63, 3.8) is 0 Å². The highest BCUT2D eigenvalue weighted by Gasteiger charge is 2.53. The Balaban J connectivity index is -0.000000220. The standard InChI is InChI=1S/C14H26N2O.C13H26N2O.C13H25NO2.C12H24N2O.C11H20O2.C10H17NO.C10H19NO.C10H18O2.C9H13NO.C8H14O2/c1-7-10-16(12-14(2,3)4)13(17)9-8-11-15(5)6;1-7-15(11-13(2,3)4)12(16)9-8-10-14(5)6;1-12(2,3)13(4,5)16-11(15)9-8-10-14(6)7;1-12(2,3)10-14(6)11(15)8-7-9-13(4)5;1-7-8-9(12)13-11(5,6)10(2,3)4;1-4-10(12)11-6-5-9(7-11)8(2)3;1-10(2,3)9(12)7-6-8-11(4)5;1-7-8(11)12-10(5,6)9(2,3)4;1-8(2,3)7(11)9(6-10)4-5-9;1-5-7(9)10-6-8(2,3)4/h7-9H,1,10-12H2,2-6H3;8-9H,7,10-11H2,1-6H3;8-9H,10H2,1-7H3;7-8H,9-10H2,1-6H3;7-8H,1-6H3;4,8-9H,1,5-7H2,2-3H3;6-7H,8H2,1-5H3;7H,1H2,2-6H3;4-5H2,1-3H3;5H,1,6H2,2-4H3/b3*9-8+;2*8-7+;;7-6+;;;. The number of allylic oxidation sites excluding steroid dienone is 2. The Labute approximate surface area is 821 Å². The SMILES string of the molecule is C/C=C/C(=O)OC(C)(C)C(C)(C)C.C=CC(=O)N1CCC(C(C)C)C1.C=CC(=O)OC(C)(C)C(C)(C)C.C=CC(=O)OCC(C)(C)C.C=CCN(CC(C)(C)C)C(=O)/C=C/CN(C)C.CC(C)(C)C(=O)C1(C#N)CC1.CCN(CC(C)(C)C)C(=O)/C=C/CN(C)C.CN(C)C/C=C/C(=O)C(C)(C)C.CN(C)C/C=C/C(=O)N(C)CC(C)(C)C.CN(C)C/C=C/C(=O)OC(C)(C)C(C)(C)C. The lowest BCUT2D eigenvalue weighted by molar-refractivity contribution is -0.161. The van der Waals surface area contributed by atoms with Crippen LogP contribution >= 0.6 is 0 Å². The molecule has 1 atom stereocenters. The van der Waals surface area contributed by atoms with E-state index in [9.17, 15) is 47.9 Å². The maximum atomic E-state index is 12.0. The predicted octanol–water partition coefficient (Wildman–Crippen LogP) is 20.8. The fourth-order valence-electron chi connectivity index (χ4n) is 9.78. The van der Waals surface area contributed by atoms with Gasteiger partial charge in [-0.15, -0.1) is 6.58 Å². The third-order valence-electron chi connectivity index (χ3n) is 20.7. The van der Waals surface area contributed by atoms with Crippen molar-refractivity contribution in [3.8, 4) is 6.07 Å². The van der Waals surface area contributed by atoms with Gasteiger partial charge in [-0.05, 0) is 191 Å². The Hall–Kier alpha value is -8.21. The molecule has 1 saturated heterocycles. The van der Waals surface area contributed by atoms with Crippen LogP contribution in [-0.4, -0.2) is 283 Å². The van der Waals surface area contributed by atoms with Crippen molar-refractivity contribution in [1.82, 2.24) is 44.1 Å². The summed E-state index contributed by atoms with van der Waals surface area (Å²) in [7, 11) is 21.6. The molecule has 24 nitrogen and oxygen atoms in total. The van der Waals surface area contributed by atoms with Gasteiger partial charge in [-0.1, -0.05) is 263 Å². The molecule has 0 spiro atoms. The molecule has 1 heterocycles. The molecule has 0 N–H and O–H groups in total. The normalized spacial score (nSPS) is 14.2. The van der Waals surface area contributed by atoms with Crippen molar-refractivity contribution >= 4 is 59.1 Å². The number of carbonyl (C=O) groups is 10. The largest absolute Gasteiger partial charge is 0.462 e. The number of nitrogens with zero attached hydrogens (tertiary/aromatic N) is 10. The Kier molecular flexibility index (Phi) is 69.9. The summed E-state index contributed by atoms with van der Waals surface area (Å²) in [6.45, 7) is 98.5. The summed E-state index contributed by atoms with van der Waals surface area (Å²) in [6.07, 6.45) is 28.9. The predicted molar refractivity (Wildman–Crippen MR) is 564 cm³/mol. The molecular weight excluding hydrogens is 1690 g/mol. The summed E-state index contributed by atoms with van der Waals surface area (Å²) < 4.78 is 20.7. The average Bonchev–Trinajstić information content (AvgIpc) is 1.62. The zero-order chi connectivity index (χ0) is 108. The van der Waals surface area contributed by atoms with Crippen molar-refractivity contribution in [2.75, 3.05) is 163 Å². The van der Waals surface area contributed by atoms with E-state index in [1.54, 1.807) is 54.4 Å². The number of Topliss-reactive ketones (excluding diaryl/α,β-unsaturated/α-hetero) is 1. The molecule has 0 aromatic rings. The smallest absolute Gasteiger partial charge is 0.331 e. The highest BCUT2D eigenvalue weighted by Crippen LogP contribution is 2.50. The minimum absolute atomic E-state index is 0.0403. The van der Waals surface area contributed by atoms with Gasteiger partial charge < -0.3 is 63.0 Å². The molecule has 0 bridgehead atoms. The average molecular weight is 1890 g/mol. The number of likely N-dealkylation sites (tertiary alicyclic amines) is 1. The Morgan fingerprint density at radius 3 is 1.01 bits per heavy atom. The van der Waals surface area contributed by atoms with E-state index in [4.69, 9.17) is 24.2 Å². The van der Waals surface area contributed by atoms with Crippen LogP contribution in [0.5, 0.6) is 0 Å². The van der Waals surface area contributed by atoms with Gasteiger partial charge in [0.2, 0.25) is 23.6 Å². The molecule has 1 saturated carbocycles. The van der Waals surface area contributed by atoms with E-state index in [1.807, 2.05) is 273 Å². The minimum atomic E-state index is -0.599. The van der Waals surface area contributed by atoms with Gasteiger partial charge in [0, 0.05) is 155 Å². The van der Waals surface area contributed by atoms with E-state index < -0.39 is 22.2 Å². The zero-order valence-electron chi connectivity index (χ0n) is 94.7. The second-order valence-corrected chi connectivity index (χ2v) is 47.3. The van der Waals surface area contributed by atoms with Gasteiger partial charge in [0.05, 0.1) is 12.7 Å². The van der Waals surface area contributed by atoms with E-state index in [2.05, 4.69) is 150 Å².